The van der Waals surface area contributed by atoms with Crippen molar-refractivity contribution < 1.29 is 14.1 Å². The van der Waals surface area contributed by atoms with E-state index in [1.54, 1.807) is 29.5 Å². The fraction of sp³-hybridized carbons (Fsp3) is 0.143. The van der Waals surface area contributed by atoms with Crippen LogP contribution in [0.5, 0.6) is 5.75 Å². The lowest BCUT2D eigenvalue weighted by molar-refractivity contribution is -0.121. The van der Waals surface area contributed by atoms with E-state index in [-0.39, 0.29) is 19.1 Å². The van der Waals surface area contributed by atoms with E-state index in [1.807, 2.05) is 36.6 Å². The molecular weight excluding hydrogens is 424 g/mol. The highest BCUT2D eigenvalue weighted by Gasteiger charge is 2.27. The third-order valence-electron chi connectivity index (χ3n) is 4.66. The van der Waals surface area contributed by atoms with Gasteiger partial charge < -0.3 is 9.26 Å². The Morgan fingerprint density at radius 1 is 1.17 bits per heavy atom. The van der Waals surface area contributed by atoms with Gasteiger partial charge in [0, 0.05) is 21.5 Å². The van der Waals surface area contributed by atoms with Crippen LogP contribution in [0.3, 0.4) is 0 Å². The third-order valence-corrected chi connectivity index (χ3v) is 5.67. The van der Waals surface area contributed by atoms with E-state index in [1.165, 1.54) is 4.90 Å². The Kier molecular flexibility index (Phi) is 4.72. The maximum absolute atomic E-state index is 12.4. The van der Waals surface area contributed by atoms with Crippen molar-refractivity contribution in [3.63, 3.8) is 0 Å². The average molecular weight is 439 g/mol. The maximum Gasteiger partial charge on any atom is 0.265 e. The second-order valence-corrected chi connectivity index (χ2v) is 8.22. The van der Waals surface area contributed by atoms with Gasteiger partial charge in [0.25, 0.3) is 5.91 Å². The van der Waals surface area contributed by atoms with Crippen molar-refractivity contribution in [2.75, 3.05) is 11.5 Å². The Hall–Kier alpha value is -3.23. The molecule has 30 heavy (non-hydrogen) atoms. The molecule has 1 aliphatic rings. The molecule has 0 N–H and O–H groups in total. The molecule has 4 aromatic rings. The summed E-state index contributed by atoms with van der Waals surface area (Å²) in [6.45, 7) is 2.06. The molecule has 0 saturated carbocycles. The summed E-state index contributed by atoms with van der Waals surface area (Å²) in [6, 6.07) is 12.9. The van der Waals surface area contributed by atoms with Gasteiger partial charge in [-0.25, -0.2) is 4.98 Å². The molecule has 0 radical (unpaired) electrons. The van der Waals surface area contributed by atoms with Crippen LogP contribution in [0.2, 0.25) is 5.02 Å². The van der Waals surface area contributed by atoms with Crippen molar-refractivity contribution in [1.82, 2.24) is 15.1 Å². The van der Waals surface area contributed by atoms with Crippen LogP contribution in [0.4, 0.5) is 5.69 Å². The number of amides is 1. The fourth-order valence-corrected chi connectivity index (χ4v) is 4.02. The van der Waals surface area contributed by atoms with E-state index in [0.29, 0.717) is 28.2 Å². The number of benzene rings is 2. The number of hydrogen-bond acceptors (Lipinski definition) is 7. The standard InChI is InChI=1S/C21H15ClN4O3S/c1-12-23-16(11-30-12)13-3-2-4-14(7-13)21-24-19(29-25-21)9-26-17-8-15(22)5-6-18(17)28-10-20(26)27/h2-8,11H,9-10H2,1H3. The van der Waals surface area contributed by atoms with Crippen molar-refractivity contribution in [1.29, 1.82) is 0 Å². The van der Waals surface area contributed by atoms with Gasteiger partial charge >= 0.3 is 0 Å². The van der Waals surface area contributed by atoms with Crippen LogP contribution in [-0.2, 0) is 11.3 Å². The molecule has 0 aliphatic carbocycles. The molecule has 0 bridgehead atoms. The minimum Gasteiger partial charge on any atom is -0.482 e. The van der Waals surface area contributed by atoms with Gasteiger partial charge in [0.1, 0.15) is 12.3 Å². The topological polar surface area (TPSA) is 81.4 Å². The summed E-state index contributed by atoms with van der Waals surface area (Å²) < 4.78 is 10.9. The molecule has 0 unspecified atom stereocenters. The van der Waals surface area contributed by atoms with Gasteiger partial charge in [-0.3, -0.25) is 9.69 Å². The molecule has 2 aromatic carbocycles. The van der Waals surface area contributed by atoms with Gasteiger partial charge in [-0.1, -0.05) is 35.0 Å². The highest BCUT2D eigenvalue weighted by molar-refractivity contribution is 7.09. The lowest BCUT2D eigenvalue weighted by atomic mass is 10.1. The largest absolute Gasteiger partial charge is 0.482 e. The normalized spacial score (nSPS) is 13.3. The molecule has 9 heteroatoms. The van der Waals surface area contributed by atoms with E-state index in [9.17, 15) is 4.79 Å². The first-order valence-electron chi connectivity index (χ1n) is 9.15. The van der Waals surface area contributed by atoms with Gasteiger partial charge in [0.2, 0.25) is 11.7 Å². The Balaban J connectivity index is 1.42. The first-order chi connectivity index (χ1) is 14.6. The zero-order valence-corrected chi connectivity index (χ0v) is 17.4. The number of carbonyl (C=O) groups excluding carboxylic acids is 1. The Morgan fingerprint density at radius 2 is 2.03 bits per heavy atom. The summed E-state index contributed by atoms with van der Waals surface area (Å²) in [5.41, 5.74) is 3.29. The lowest BCUT2D eigenvalue weighted by Crippen LogP contribution is -2.38. The first-order valence-corrected chi connectivity index (χ1v) is 10.4. The average Bonchev–Trinajstić information content (AvgIpc) is 3.40. The van der Waals surface area contributed by atoms with Crippen LogP contribution in [0.1, 0.15) is 10.9 Å². The minimum atomic E-state index is -0.203. The highest BCUT2D eigenvalue weighted by atomic mass is 35.5. The van der Waals surface area contributed by atoms with Gasteiger partial charge in [-0.15, -0.1) is 11.3 Å². The van der Waals surface area contributed by atoms with Crippen LogP contribution in [0.25, 0.3) is 22.6 Å². The molecule has 150 valence electrons. The van der Waals surface area contributed by atoms with E-state index in [4.69, 9.17) is 20.9 Å². The summed E-state index contributed by atoms with van der Waals surface area (Å²) in [7, 11) is 0. The quantitative estimate of drug-likeness (QED) is 0.457. The van der Waals surface area contributed by atoms with E-state index in [2.05, 4.69) is 15.1 Å². The Bertz CT molecular complexity index is 1250. The number of rotatable bonds is 4. The monoisotopic (exact) mass is 438 g/mol. The molecular formula is C21H15ClN4O3S. The predicted molar refractivity (Wildman–Crippen MR) is 114 cm³/mol. The van der Waals surface area contributed by atoms with Crippen molar-refractivity contribution in [3.05, 3.63) is 63.8 Å². The number of thiazole rings is 1. The number of anilines is 1. The molecule has 5 rings (SSSR count). The van der Waals surface area contributed by atoms with Gasteiger partial charge in [-0.05, 0) is 31.2 Å². The molecule has 2 aromatic heterocycles. The van der Waals surface area contributed by atoms with Gasteiger partial charge in [-0.2, -0.15) is 4.98 Å². The number of halogens is 1. The lowest BCUT2D eigenvalue weighted by Gasteiger charge is -2.28. The summed E-state index contributed by atoms with van der Waals surface area (Å²) in [5.74, 6) is 1.15. The molecule has 0 spiro atoms. The van der Waals surface area contributed by atoms with Crippen LogP contribution in [-0.4, -0.2) is 27.6 Å². The fourth-order valence-electron chi connectivity index (χ4n) is 3.23. The van der Waals surface area contributed by atoms with Crippen molar-refractivity contribution in [3.8, 4) is 28.4 Å². The third kappa shape index (κ3) is 3.55. The van der Waals surface area contributed by atoms with Gasteiger partial charge in [0.05, 0.1) is 16.4 Å². The Labute approximate surface area is 180 Å². The van der Waals surface area contributed by atoms with Crippen LogP contribution in [0.15, 0.2) is 52.4 Å². The highest BCUT2D eigenvalue weighted by Crippen LogP contribution is 2.35. The zero-order valence-electron chi connectivity index (χ0n) is 15.8. The Morgan fingerprint density at radius 3 is 2.87 bits per heavy atom. The van der Waals surface area contributed by atoms with Crippen molar-refractivity contribution in [2.24, 2.45) is 0 Å². The van der Waals surface area contributed by atoms with E-state index in [0.717, 1.165) is 21.8 Å². The molecule has 0 saturated heterocycles. The first kappa shape index (κ1) is 18.8. The number of hydrogen-bond donors (Lipinski definition) is 0. The number of carbonyl (C=O) groups is 1. The number of nitrogens with zero attached hydrogens (tertiary/aromatic N) is 4. The second kappa shape index (κ2) is 7.55. The van der Waals surface area contributed by atoms with Crippen LogP contribution < -0.4 is 9.64 Å². The second-order valence-electron chi connectivity index (χ2n) is 6.72. The molecule has 0 fully saturated rings. The summed E-state index contributed by atoms with van der Waals surface area (Å²) >= 11 is 7.70. The number of fused-ring (bicyclic) bond motifs is 1. The predicted octanol–water partition coefficient (Wildman–Crippen LogP) is 4.75. The number of aromatic nitrogens is 3. The summed E-state index contributed by atoms with van der Waals surface area (Å²) in [6.07, 6.45) is 0. The molecule has 3 heterocycles. The molecule has 1 amide bonds. The molecule has 7 nitrogen and oxygen atoms in total. The maximum atomic E-state index is 12.4. The smallest absolute Gasteiger partial charge is 0.265 e. The molecule has 0 atom stereocenters. The van der Waals surface area contributed by atoms with Crippen molar-refractivity contribution >= 4 is 34.5 Å². The van der Waals surface area contributed by atoms with Crippen LogP contribution in [0, 0.1) is 6.92 Å². The summed E-state index contributed by atoms with van der Waals surface area (Å²) in [5, 5.41) is 7.63. The van der Waals surface area contributed by atoms with Crippen molar-refractivity contribution in [2.45, 2.75) is 13.5 Å². The minimum absolute atomic E-state index is 0.0509. The number of ether oxygens (including phenoxy) is 1. The molecule has 1 aliphatic heterocycles. The summed E-state index contributed by atoms with van der Waals surface area (Å²) in [4.78, 5) is 23.0. The zero-order chi connectivity index (χ0) is 20.7. The van der Waals surface area contributed by atoms with Crippen LogP contribution >= 0.6 is 22.9 Å². The van der Waals surface area contributed by atoms with Gasteiger partial charge in [0.15, 0.2) is 6.61 Å². The SMILES string of the molecule is Cc1nc(-c2cccc(-c3noc(CN4C(=O)COc5ccc(Cl)cc54)n3)c2)cs1. The van der Waals surface area contributed by atoms with E-state index < -0.39 is 0 Å². The number of aryl methyl sites for hydroxylation is 1. The van der Waals surface area contributed by atoms with E-state index >= 15 is 0 Å².